The Morgan fingerprint density at radius 2 is 1.52 bits per heavy atom. The van der Waals surface area contributed by atoms with Gasteiger partial charge in [0.25, 0.3) is 0 Å². The van der Waals surface area contributed by atoms with Gasteiger partial charge in [-0.25, -0.2) is 0 Å². The maximum atomic E-state index is 12.0. The first-order valence-corrected chi connectivity index (χ1v) is 8.18. The van der Waals surface area contributed by atoms with Gasteiger partial charge in [0, 0.05) is 24.5 Å². The molecular formula is C17H25N3O. The minimum absolute atomic E-state index is 0.0997. The number of nitrogens with zero attached hydrogens (tertiary/aromatic N) is 2. The van der Waals surface area contributed by atoms with E-state index in [1.807, 2.05) is 12.1 Å². The molecule has 0 unspecified atom stereocenters. The van der Waals surface area contributed by atoms with Crippen molar-refractivity contribution in [1.82, 2.24) is 4.90 Å². The van der Waals surface area contributed by atoms with Gasteiger partial charge >= 0.3 is 0 Å². The van der Waals surface area contributed by atoms with E-state index < -0.39 is 0 Å². The van der Waals surface area contributed by atoms with Crippen LogP contribution in [0.15, 0.2) is 24.3 Å². The monoisotopic (exact) mass is 287 g/mol. The van der Waals surface area contributed by atoms with Crippen LogP contribution in [0.4, 0.5) is 11.4 Å². The first-order chi connectivity index (χ1) is 10.3. The lowest BCUT2D eigenvalue weighted by Gasteiger charge is -2.28. The standard InChI is InChI=1S/C17H25N3O/c21-17(14-19-10-4-5-11-19)18-15-6-8-16(9-7-15)20-12-2-1-3-13-20/h6-9H,1-5,10-14H2,(H,18,21). The maximum absolute atomic E-state index is 12.0. The van der Waals surface area contributed by atoms with Gasteiger partial charge in [-0.3, -0.25) is 9.69 Å². The fourth-order valence-corrected chi connectivity index (χ4v) is 3.25. The molecule has 2 fully saturated rings. The van der Waals surface area contributed by atoms with Crippen molar-refractivity contribution in [2.45, 2.75) is 32.1 Å². The first kappa shape index (κ1) is 14.4. The summed E-state index contributed by atoms with van der Waals surface area (Å²) in [6.07, 6.45) is 6.36. The molecule has 1 aromatic rings. The highest BCUT2D eigenvalue weighted by atomic mass is 16.2. The number of carbonyl (C=O) groups is 1. The van der Waals surface area contributed by atoms with Crippen molar-refractivity contribution in [2.75, 3.05) is 42.9 Å². The third-order valence-corrected chi connectivity index (χ3v) is 4.44. The molecule has 0 atom stereocenters. The molecular weight excluding hydrogens is 262 g/mol. The van der Waals surface area contributed by atoms with Gasteiger partial charge in [-0.05, 0) is 69.5 Å². The maximum Gasteiger partial charge on any atom is 0.238 e. The molecule has 1 aromatic carbocycles. The van der Waals surface area contributed by atoms with E-state index in [1.165, 1.54) is 37.8 Å². The van der Waals surface area contributed by atoms with Gasteiger partial charge in [0.15, 0.2) is 0 Å². The molecule has 114 valence electrons. The summed E-state index contributed by atoms with van der Waals surface area (Å²) >= 11 is 0. The highest BCUT2D eigenvalue weighted by Crippen LogP contribution is 2.21. The molecule has 4 nitrogen and oxygen atoms in total. The molecule has 0 aromatic heterocycles. The SMILES string of the molecule is O=C(CN1CCCC1)Nc1ccc(N2CCCCC2)cc1. The molecule has 2 aliphatic rings. The van der Waals surface area contributed by atoms with Crippen LogP contribution < -0.4 is 10.2 Å². The Hall–Kier alpha value is -1.55. The number of likely N-dealkylation sites (tertiary alicyclic amines) is 1. The second kappa shape index (κ2) is 6.94. The fourth-order valence-electron chi connectivity index (χ4n) is 3.25. The van der Waals surface area contributed by atoms with Crippen LogP contribution in [0.25, 0.3) is 0 Å². The van der Waals surface area contributed by atoms with Gasteiger partial charge in [-0.1, -0.05) is 0 Å². The molecule has 0 aliphatic carbocycles. The van der Waals surface area contributed by atoms with Gasteiger partial charge in [0.05, 0.1) is 6.54 Å². The Kier molecular flexibility index (Phi) is 4.76. The summed E-state index contributed by atoms with van der Waals surface area (Å²) in [5.41, 5.74) is 2.17. The summed E-state index contributed by atoms with van der Waals surface area (Å²) < 4.78 is 0. The predicted octanol–water partition coefficient (Wildman–Crippen LogP) is 2.71. The summed E-state index contributed by atoms with van der Waals surface area (Å²) in [6.45, 7) is 4.94. The zero-order chi connectivity index (χ0) is 14.5. The zero-order valence-electron chi connectivity index (χ0n) is 12.7. The zero-order valence-corrected chi connectivity index (χ0v) is 12.7. The Bertz CT molecular complexity index is 459. The fraction of sp³-hybridized carbons (Fsp3) is 0.588. The second-order valence-corrected chi connectivity index (χ2v) is 6.13. The number of anilines is 2. The number of benzene rings is 1. The normalized spacial score (nSPS) is 19.7. The molecule has 2 saturated heterocycles. The largest absolute Gasteiger partial charge is 0.372 e. The van der Waals surface area contributed by atoms with Crippen LogP contribution >= 0.6 is 0 Å². The van der Waals surface area contributed by atoms with Gasteiger partial charge in [-0.15, -0.1) is 0 Å². The number of hydrogen-bond acceptors (Lipinski definition) is 3. The third-order valence-electron chi connectivity index (χ3n) is 4.44. The van der Waals surface area contributed by atoms with Gasteiger partial charge < -0.3 is 10.2 Å². The minimum atomic E-state index is 0.0997. The van der Waals surface area contributed by atoms with E-state index in [0.717, 1.165) is 31.9 Å². The molecule has 0 bridgehead atoms. The van der Waals surface area contributed by atoms with Gasteiger partial charge in [0.2, 0.25) is 5.91 Å². The van der Waals surface area contributed by atoms with Crippen molar-refractivity contribution in [3.05, 3.63) is 24.3 Å². The number of nitrogens with one attached hydrogen (secondary N) is 1. The Morgan fingerprint density at radius 1 is 0.905 bits per heavy atom. The number of hydrogen-bond donors (Lipinski definition) is 1. The van der Waals surface area contributed by atoms with Crippen molar-refractivity contribution in [3.63, 3.8) is 0 Å². The molecule has 0 radical (unpaired) electrons. The van der Waals surface area contributed by atoms with E-state index in [-0.39, 0.29) is 5.91 Å². The molecule has 21 heavy (non-hydrogen) atoms. The topological polar surface area (TPSA) is 35.6 Å². The van der Waals surface area contributed by atoms with Crippen LogP contribution in [0.1, 0.15) is 32.1 Å². The van der Waals surface area contributed by atoms with Crippen LogP contribution in [0.2, 0.25) is 0 Å². The molecule has 1 amide bonds. The van der Waals surface area contributed by atoms with Crippen molar-refractivity contribution >= 4 is 17.3 Å². The van der Waals surface area contributed by atoms with E-state index >= 15 is 0 Å². The lowest BCUT2D eigenvalue weighted by Crippen LogP contribution is -2.31. The number of amides is 1. The van der Waals surface area contributed by atoms with Crippen LogP contribution in [-0.2, 0) is 4.79 Å². The highest BCUT2D eigenvalue weighted by Gasteiger charge is 2.15. The van der Waals surface area contributed by atoms with Crippen molar-refractivity contribution in [2.24, 2.45) is 0 Å². The molecule has 2 aliphatic heterocycles. The first-order valence-electron chi connectivity index (χ1n) is 8.18. The summed E-state index contributed by atoms with van der Waals surface area (Å²) in [5.74, 6) is 0.0997. The van der Waals surface area contributed by atoms with E-state index in [9.17, 15) is 4.79 Å². The quantitative estimate of drug-likeness (QED) is 0.925. The van der Waals surface area contributed by atoms with Crippen molar-refractivity contribution in [3.8, 4) is 0 Å². The lowest BCUT2D eigenvalue weighted by atomic mass is 10.1. The third kappa shape index (κ3) is 3.97. The van der Waals surface area contributed by atoms with E-state index in [0.29, 0.717) is 6.54 Å². The minimum Gasteiger partial charge on any atom is -0.372 e. The number of piperidine rings is 1. The van der Waals surface area contributed by atoms with E-state index in [2.05, 4.69) is 27.2 Å². The Balaban J connectivity index is 1.52. The van der Waals surface area contributed by atoms with E-state index in [4.69, 9.17) is 0 Å². The predicted molar refractivity (Wildman–Crippen MR) is 86.8 cm³/mol. The molecule has 2 heterocycles. The second-order valence-electron chi connectivity index (χ2n) is 6.13. The molecule has 0 saturated carbocycles. The van der Waals surface area contributed by atoms with Crippen molar-refractivity contribution < 1.29 is 4.79 Å². The van der Waals surface area contributed by atoms with Crippen LogP contribution in [0, 0.1) is 0 Å². The number of rotatable bonds is 4. The molecule has 0 spiro atoms. The van der Waals surface area contributed by atoms with Crippen LogP contribution in [-0.4, -0.2) is 43.5 Å². The average Bonchev–Trinajstić information content (AvgIpc) is 3.02. The Labute approximate surface area is 127 Å². The van der Waals surface area contributed by atoms with E-state index in [1.54, 1.807) is 0 Å². The summed E-state index contributed by atoms with van der Waals surface area (Å²) in [4.78, 5) is 16.6. The van der Waals surface area contributed by atoms with Crippen LogP contribution in [0.5, 0.6) is 0 Å². The van der Waals surface area contributed by atoms with Crippen molar-refractivity contribution in [1.29, 1.82) is 0 Å². The average molecular weight is 287 g/mol. The highest BCUT2D eigenvalue weighted by molar-refractivity contribution is 5.92. The van der Waals surface area contributed by atoms with Gasteiger partial charge in [-0.2, -0.15) is 0 Å². The smallest absolute Gasteiger partial charge is 0.238 e. The molecule has 3 rings (SSSR count). The lowest BCUT2D eigenvalue weighted by molar-refractivity contribution is -0.117. The van der Waals surface area contributed by atoms with Crippen LogP contribution in [0.3, 0.4) is 0 Å². The molecule has 4 heteroatoms. The summed E-state index contributed by atoms with van der Waals surface area (Å²) in [5, 5.41) is 3.00. The summed E-state index contributed by atoms with van der Waals surface area (Å²) in [6, 6.07) is 8.28. The van der Waals surface area contributed by atoms with Gasteiger partial charge in [0.1, 0.15) is 0 Å². The number of carbonyl (C=O) groups excluding carboxylic acids is 1. The molecule has 1 N–H and O–H groups in total. The Morgan fingerprint density at radius 3 is 2.19 bits per heavy atom. The summed E-state index contributed by atoms with van der Waals surface area (Å²) in [7, 11) is 0.